The van der Waals surface area contributed by atoms with E-state index in [4.69, 9.17) is 43.2 Å². The first-order chi connectivity index (χ1) is 13.8. The minimum absolute atomic E-state index is 0.00651. The van der Waals surface area contributed by atoms with Crippen LogP contribution >= 0.6 is 23.2 Å². The number of aromatic carboxylic acids is 1. The van der Waals surface area contributed by atoms with Crippen molar-refractivity contribution in [3.8, 4) is 0 Å². The lowest BCUT2D eigenvalue weighted by Gasteiger charge is -2.33. The number of nitrogens with zero attached hydrogens (tertiary/aromatic N) is 1. The first-order valence-corrected chi connectivity index (χ1v) is 9.98. The van der Waals surface area contributed by atoms with E-state index >= 15 is 0 Å². The highest BCUT2D eigenvalue weighted by Crippen LogP contribution is 2.27. The molecule has 3 N–H and O–H groups in total. The molecule has 1 aliphatic heterocycles. The summed E-state index contributed by atoms with van der Waals surface area (Å²) in [6, 6.07) is 6.92. The van der Waals surface area contributed by atoms with Crippen LogP contribution < -0.4 is 5.73 Å². The van der Waals surface area contributed by atoms with E-state index in [-0.39, 0.29) is 17.4 Å². The Morgan fingerprint density at radius 1 is 1.28 bits per heavy atom. The Balaban J connectivity index is 1.57. The third-order valence-corrected chi connectivity index (χ3v) is 5.68. The average molecular weight is 441 g/mol. The van der Waals surface area contributed by atoms with Gasteiger partial charge in [-0.25, -0.2) is 4.79 Å². The van der Waals surface area contributed by atoms with Crippen molar-refractivity contribution in [1.82, 2.24) is 4.90 Å². The van der Waals surface area contributed by atoms with Gasteiger partial charge in [0.1, 0.15) is 12.0 Å². The monoisotopic (exact) mass is 440 g/mol. The number of carbonyl (C=O) groups is 2. The second-order valence-electron chi connectivity index (χ2n) is 7.05. The smallest absolute Gasteiger partial charge is 0.338 e. The highest BCUT2D eigenvalue weighted by molar-refractivity contribution is 6.42. The van der Waals surface area contributed by atoms with E-state index < -0.39 is 17.8 Å². The fourth-order valence-corrected chi connectivity index (χ4v) is 3.74. The maximum absolute atomic E-state index is 11.9. The zero-order valence-corrected chi connectivity index (χ0v) is 17.2. The summed E-state index contributed by atoms with van der Waals surface area (Å²) in [7, 11) is 0. The van der Waals surface area contributed by atoms with Gasteiger partial charge in [-0.3, -0.25) is 9.69 Å². The van der Waals surface area contributed by atoms with E-state index in [1.54, 1.807) is 6.07 Å². The maximum atomic E-state index is 11.9. The van der Waals surface area contributed by atoms with Crippen LogP contribution in [0, 0.1) is 0 Å². The van der Waals surface area contributed by atoms with Crippen LogP contribution in [-0.2, 0) is 16.1 Å². The van der Waals surface area contributed by atoms with E-state index in [9.17, 15) is 9.59 Å². The molecule has 0 bridgehead atoms. The zero-order valence-electron chi connectivity index (χ0n) is 15.6. The lowest BCUT2D eigenvalue weighted by molar-refractivity contribution is -0.120. The SMILES string of the molecule is NC(=O)[C@H](CC[C@H]1CN(Cc2ccc(Cl)c(Cl)c2)CCO1)c1cc(C(=O)O)co1. The first-order valence-electron chi connectivity index (χ1n) is 9.22. The summed E-state index contributed by atoms with van der Waals surface area (Å²) in [4.78, 5) is 25.1. The van der Waals surface area contributed by atoms with Gasteiger partial charge >= 0.3 is 5.97 Å². The molecule has 0 radical (unpaired) electrons. The van der Waals surface area contributed by atoms with Crippen molar-refractivity contribution >= 4 is 35.1 Å². The minimum atomic E-state index is -1.11. The number of carboxylic acid groups (broad SMARTS) is 1. The minimum Gasteiger partial charge on any atom is -0.478 e. The number of benzene rings is 1. The molecule has 7 nitrogen and oxygen atoms in total. The van der Waals surface area contributed by atoms with Gasteiger partial charge in [0.05, 0.1) is 34.2 Å². The van der Waals surface area contributed by atoms with Crippen LogP contribution in [-0.4, -0.2) is 47.7 Å². The molecule has 0 saturated carbocycles. The lowest BCUT2D eigenvalue weighted by Crippen LogP contribution is -2.42. The highest BCUT2D eigenvalue weighted by atomic mass is 35.5. The average Bonchev–Trinajstić information content (AvgIpc) is 3.15. The molecule has 156 valence electrons. The number of hydrogen-bond acceptors (Lipinski definition) is 5. The van der Waals surface area contributed by atoms with Crippen LogP contribution in [0.1, 0.15) is 40.4 Å². The van der Waals surface area contributed by atoms with Crippen LogP contribution in [0.5, 0.6) is 0 Å². The van der Waals surface area contributed by atoms with E-state index in [0.717, 1.165) is 24.9 Å². The van der Waals surface area contributed by atoms with Crippen LogP contribution in [0.4, 0.5) is 0 Å². The van der Waals surface area contributed by atoms with E-state index in [0.29, 0.717) is 36.0 Å². The molecule has 0 spiro atoms. The van der Waals surface area contributed by atoms with E-state index in [2.05, 4.69) is 4.90 Å². The Bertz CT molecular complexity index is 886. The van der Waals surface area contributed by atoms with Crippen molar-refractivity contribution in [2.24, 2.45) is 5.73 Å². The molecule has 9 heteroatoms. The van der Waals surface area contributed by atoms with E-state index in [1.807, 2.05) is 12.1 Å². The number of carboxylic acids is 1. The molecule has 1 fully saturated rings. The van der Waals surface area contributed by atoms with Crippen LogP contribution in [0.25, 0.3) is 0 Å². The summed E-state index contributed by atoms with van der Waals surface area (Å²) in [5.41, 5.74) is 6.56. The molecule has 2 aromatic rings. The second-order valence-corrected chi connectivity index (χ2v) is 7.87. The molecule has 0 aliphatic carbocycles. The fourth-order valence-electron chi connectivity index (χ4n) is 3.42. The Hall–Kier alpha value is -2.06. The summed E-state index contributed by atoms with van der Waals surface area (Å²) >= 11 is 12.1. The number of ether oxygens (including phenoxy) is 1. The molecule has 1 aromatic carbocycles. The van der Waals surface area contributed by atoms with Crippen molar-refractivity contribution in [2.45, 2.75) is 31.4 Å². The Labute approximate surface area is 178 Å². The molecule has 2 atom stereocenters. The van der Waals surface area contributed by atoms with E-state index in [1.165, 1.54) is 6.07 Å². The lowest BCUT2D eigenvalue weighted by atomic mass is 9.96. The normalized spacial score (nSPS) is 18.5. The molecular weight excluding hydrogens is 419 g/mol. The third kappa shape index (κ3) is 5.73. The zero-order chi connectivity index (χ0) is 21.0. The summed E-state index contributed by atoms with van der Waals surface area (Å²) in [6.45, 7) is 2.79. The van der Waals surface area contributed by atoms with Crippen LogP contribution in [0.3, 0.4) is 0 Å². The summed E-state index contributed by atoms with van der Waals surface area (Å²) < 4.78 is 11.1. The molecule has 29 heavy (non-hydrogen) atoms. The largest absolute Gasteiger partial charge is 0.478 e. The van der Waals surface area contributed by atoms with Gasteiger partial charge in [-0.05, 0) is 36.6 Å². The Morgan fingerprint density at radius 2 is 2.07 bits per heavy atom. The van der Waals surface area contributed by atoms with Gasteiger partial charge in [0, 0.05) is 19.6 Å². The number of amides is 1. The van der Waals surface area contributed by atoms with Gasteiger partial charge in [0.2, 0.25) is 5.91 Å². The fraction of sp³-hybridized carbons (Fsp3) is 0.400. The summed E-state index contributed by atoms with van der Waals surface area (Å²) in [5.74, 6) is -2.10. The van der Waals surface area contributed by atoms with Gasteiger partial charge in [-0.15, -0.1) is 0 Å². The first kappa shape index (κ1) is 21.6. The van der Waals surface area contributed by atoms with Crippen molar-refractivity contribution in [1.29, 1.82) is 0 Å². The number of morpholine rings is 1. The van der Waals surface area contributed by atoms with Gasteiger partial charge in [-0.2, -0.15) is 0 Å². The molecule has 3 rings (SSSR count). The standard InChI is InChI=1S/C20H22Cl2N2O5/c21-16-4-1-12(7-17(16)22)9-24-5-6-28-14(10-24)2-3-15(19(23)25)18-8-13(11-29-18)20(26)27/h1,4,7-8,11,14-15H,2-3,5-6,9-10H2,(H2,23,25)(H,26,27)/t14-,15+/m0/s1. The summed E-state index contributed by atoms with van der Waals surface area (Å²) in [5, 5.41) is 10.1. The van der Waals surface area contributed by atoms with Gasteiger partial charge < -0.3 is 20.0 Å². The molecule has 1 amide bonds. The number of hydrogen-bond donors (Lipinski definition) is 2. The van der Waals surface area contributed by atoms with Crippen LogP contribution in [0.15, 0.2) is 34.9 Å². The number of primary amides is 1. The number of carbonyl (C=O) groups excluding carboxylic acids is 1. The third-order valence-electron chi connectivity index (χ3n) is 4.94. The van der Waals surface area contributed by atoms with Crippen molar-refractivity contribution in [3.63, 3.8) is 0 Å². The number of nitrogens with two attached hydrogens (primary N) is 1. The number of furan rings is 1. The highest BCUT2D eigenvalue weighted by Gasteiger charge is 2.27. The quantitative estimate of drug-likeness (QED) is 0.649. The Kier molecular flexibility index (Phi) is 7.18. The van der Waals surface area contributed by atoms with Crippen molar-refractivity contribution in [2.75, 3.05) is 19.7 Å². The second kappa shape index (κ2) is 9.63. The van der Waals surface area contributed by atoms with Crippen LogP contribution in [0.2, 0.25) is 10.0 Å². The molecule has 0 unspecified atom stereocenters. The number of halogens is 2. The molecule has 1 saturated heterocycles. The molecular formula is C20H22Cl2N2O5. The van der Waals surface area contributed by atoms with Gasteiger partial charge in [-0.1, -0.05) is 29.3 Å². The molecule has 2 heterocycles. The van der Waals surface area contributed by atoms with Gasteiger partial charge in [0.15, 0.2) is 0 Å². The number of rotatable bonds is 8. The predicted octanol–water partition coefficient (Wildman–Crippen LogP) is 3.53. The topological polar surface area (TPSA) is 106 Å². The molecule has 1 aliphatic rings. The van der Waals surface area contributed by atoms with Crippen molar-refractivity contribution < 1.29 is 23.8 Å². The Morgan fingerprint density at radius 3 is 2.72 bits per heavy atom. The maximum Gasteiger partial charge on any atom is 0.338 e. The molecule has 1 aromatic heterocycles. The van der Waals surface area contributed by atoms with Crippen molar-refractivity contribution in [3.05, 3.63) is 57.5 Å². The summed E-state index contributed by atoms with van der Waals surface area (Å²) in [6.07, 6.45) is 2.05. The predicted molar refractivity (Wildman–Crippen MR) is 108 cm³/mol. The van der Waals surface area contributed by atoms with Gasteiger partial charge in [0.25, 0.3) is 0 Å².